The molecule has 5 heteroatoms. The number of rotatable bonds is 2. The molecule has 1 aromatic rings. The van der Waals surface area contributed by atoms with Crippen LogP contribution in [0.2, 0.25) is 0 Å². The highest BCUT2D eigenvalue weighted by Gasteiger charge is 2.14. The van der Waals surface area contributed by atoms with Crippen LogP contribution in [0.4, 0.5) is 11.6 Å². The zero-order chi connectivity index (χ0) is 11.6. The van der Waals surface area contributed by atoms with Crippen LogP contribution >= 0.6 is 0 Å². The maximum Gasteiger partial charge on any atom is 0.148 e. The first-order valence-corrected chi connectivity index (χ1v) is 4.93. The largest absolute Gasteiger partial charge is 0.365 e. The monoisotopic (exact) mass is 209 g/mol. The summed E-state index contributed by atoms with van der Waals surface area (Å²) in [5.41, 5.74) is 3.47. The summed E-state index contributed by atoms with van der Waals surface area (Å²) < 4.78 is 0. The van der Waals surface area contributed by atoms with Crippen molar-refractivity contribution in [2.75, 3.05) is 10.7 Å². The van der Waals surface area contributed by atoms with E-state index in [0.717, 1.165) is 11.4 Å². The van der Waals surface area contributed by atoms with Crippen molar-refractivity contribution in [2.45, 2.75) is 40.2 Å². The molecule has 1 aromatic heterocycles. The van der Waals surface area contributed by atoms with Crippen LogP contribution in [0.15, 0.2) is 0 Å². The number of aromatic nitrogens is 2. The highest BCUT2D eigenvalue weighted by atomic mass is 15.3. The van der Waals surface area contributed by atoms with Crippen LogP contribution in [0.3, 0.4) is 0 Å². The number of hydrogen-bond acceptors (Lipinski definition) is 5. The molecule has 0 radical (unpaired) electrons. The molecule has 15 heavy (non-hydrogen) atoms. The Balaban J connectivity index is 3.12. The maximum atomic E-state index is 5.38. The molecular weight excluding hydrogens is 190 g/mol. The lowest BCUT2D eigenvalue weighted by molar-refractivity contribution is 0.628. The van der Waals surface area contributed by atoms with Gasteiger partial charge in [0.2, 0.25) is 0 Å². The van der Waals surface area contributed by atoms with Gasteiger partial charge in [-0.1, -0.05) is 0 Å². The summed E-state index contributed by atoms with van der Waals surface area (Å²) in [5, 5.41) is 3.32. The molecule has 5 nitrogen and oxygen atoms in total. The second kappa shape index (κ2) is 4.02. The van der Waals surface area contributed by atoms with E-state index in [-0.39, 0.29) is 5.54 Å². The Hall–Kier alpha value is -1.36. The minimum atomic E-state index is -0.0303. The van der Waals surface area contributed by atoms with Crippen molar-refractivity contribution in [1.29, 1.82) is 0 Å². The Morgan fingerprint density at radius 3 is 2.07 bits per heavy atom. The van der Waals surface area contributed by atoms with Crippen molar-refractivity contribution in [3.63, 3.8) is 0 Å². The van der Waals surface area contributed by atoms with Gasteiger partial charge in [-0.3, -0.25) is 0 Å². The van der Waals surface area contributed by atoms with Crippen molar-refractivity contribution >= 4 is 11.6 Å². The Morgan fingerprint density at radius 1 is 1.07 bits per heavy atom. The lowest BCUT2D eigenvalue weighted by Crippen LogP contribution is -2.28. The molecule has 1 rings (SSSR count). The second-order valence-corrected chi connectivity index (χ2v) is 4.61. The van der Waals surface area contributed by atoms with E-state index in [1.54, 1.807) is 0 Å². The summed E-state index contributed by atoms with van der Waals surface area (Å²) in [4.78, 5) is 8.54. The van der Waals surface area contributed by atoms with E-state index in [1.807, 2.05) is 13.8 Å². The molecule has 0 amide bonds. The fourth-order valence-electron chi connectivity index (χ4n) is 1.25. The molecule has 84 valence electrons. The molecule has 4 N–H and O–H groups in total. The van der Waals surface area contributed by atoms with Gasteiger partial charge in [0.1, 0.15) is 17.5 Å². The van der Waals surface area contributed by atoms with Gasteiger partial charge in [0.05, 0.1) is 0 Å². The van der Waals surface area contributed by atoms with Crippen LogP contribution in [0.5, 0.6) is 0 Å². The Labute approximate surface area is 90.5 Å². The number of nitrogens with two attached hydrogens (primary N) is 1. The summed E-state index contributed by atoms with van der Waals surface area (Å²) >= 11 is 0. The minimum absolute atomic E-state index is 0.0303. The van der Waals surface area contributed by atoms with Gasteiger partial charge < -0.3 is 10.7 Å². The first kappa shape index (κ1) is 11.7. The van der Waals surface area contributed by atoms with Gasteiger partial charge >= 0.3 is 0 Å². The normalized spacial score (nSPS) is 11.3. The van der Waals surface area contributed by atoms with Crippen LogP contribution in [-0.2, 0) is 0 Å². The molecule has 0 aliphatic rings. The van der Waals surface area contributed by atoms with Gasteiger partial charge in [-0.15, -0.1) is 0 Å². The summed E-state index contributed by atoms with van der Waals surface area (Å²) in [7, 11) is 0. The molecule has 0 aliphatic heterocycles. The van der Waals surface area contributed by atoms with E-state index < -0.39 is 0 Å². The van der Waals surface area contributed by atoms with Crippen molar-refractivity contribution < 1.29 is 0 Å². The van der Waals surface area contributed by atoms with Crippen LogP contribution in [0.1, 0.15) is 32.2 Å². The van der Waals surface area contributed by atoms with Gasteiger partial charge in [0.25, 0.3) is 0 Å². The third kappa shape index (κ3) is 3.06. The predicted octanol–water partition coefficient (Wildman–Crippen LogP) is 1.59. The standard InChI is InChI=1S/C10H19N5/c1-6-8(14-10(3,4)5)12-7(2)13-9(6)15-11/h11H2,1-5H3,(H2,12,13,14,15). The average molecular weight is 209 g/mol. The number of hydrogen-bond donors (Lipinski definition) is 3. The Morgan fingerprint density at radius 2 is 1.60 bits per heavy atom. The maximum absolute atomic E-state index is 5.38. The Kier molecular flexibility index (Phi) is 3.14. The predicted molar refractivity (Wildman–Crippen MR) is 62.7 cm³/mol. The van der Waals surface area contributed by atoms with E-state index in [9.17, 15) is 0 Å². The van der Waals surface area contributed by atoms with Crippen LogP contribution in [-0.4, -0.2) is 15.5 Å². The van der Waals surface area contributed by atoms with Gasteiger partial charge in [-0.25, -0.2) is 15.8 Å². The van der Waals surface area contributed by atoms with Crippen molar-refractivity contribution in [3.05, 3.63) is 11.4 Å². The number of nitrogen functional groups attached to an aromatic ring is 1. The van der Waals surface area contributed by atoms with Crippen molar-refractivity contribution in [3.8, 4) is 0 Å². The molecule has 0 fully saturated rings. The van der Waals surface area contributed by atoms with Crippen molar-refractivity contribution in [2.24, 2.45) is 5.84 Å². The summed E-state index contributed by atoms with van der Waals surface area (Å²) in [6.45, 7) is 10.0. The lowest BCUT2D eigenvalue weighted by Gasteiger charge is -2.23. The quantitative estimate of drug-likeness (QED) is 0.509. The lowest BCUT2D eigenvalue weighted by atomic mass is 10.1. The summed E-state index contributed by atoms with van der Waals surface area (Å²) in [5.74, 6) is 7.56. The van der Waals surface area contributed by atoms with Crippen LogP contribution < -0.4 is 16.6 Å². The van der Waals surface area contributed by atoms with Crippen molar-refractivity contribution in [1.82, 2.24) is 9.97 Å². The molecule has 0 saturated carbocycles. The van der Waals surface area contributed by atoms with Gasteiger partial charge in [0.15, 0.2) is 0 Å². The zero-order valence-corrected chi connectivity index (χ0v) is 9.97. The topological polar surface area (TPSA) is 75.9 Å². The molecular formula is C10H19N5. The molecule has 0 unspecified atom stereocenters. The minimum Gasteiger partial charge on any atom is -0.365 e. The first-order chi connectivity index (χ1) is 6.83. The number of aryl methyl sites for hydroxylation is 1. The van der Waals surface area contributed by atoms with Gasteiger partial charge in [-0.05, 0) is 34.6 Å². The average Bonchev–Trinajstić information content (AvgIpc) is 2.08. The number of anilines is 2. The second-order valence-electron chi connectivity index (χ2n) is 4.61. The van der Waals surface area contributed by atoms with E-state index in [1.165, 1.54) is 0 Å². The van der Waals surface area contributed by atoms with E-state index >= 15 is 0 Å². The van der Waals surface area contributed by atoms with E-state index in [4.69, 9.17) is 5.84 Å². The van der Waals surface area contributed by atoms with E-state index in [0.29, 0.717) is 11.6 Å². The smallest absolute Gasteiger partial charge is 0.148 e. The molecule has 0 spiro atoms. The first-order valence-electron chi connectivity index (χ1n) is 4.93. The fourth-order valence-corrected chi connectivity index (χ4v) is 1.25. The Bertz CT molecular complexity index is 354. The highest BCUT2D eigenvalue weighted by Crippen LogP contribution is 2.21. The third-order valence-electron chi connectivity index (χ3n) is 1.89. The van der Waals surface area contributed by atoms with E-state index in [2.05, 4.69) is 41.5 Å². The highest BCUT2D eigenvalue weighted by molar-refractivity contribution is 5.57. The molecule has 0 aliphatic carbocycles. The van der Waals surface area contributed by atoms with Gasteiger partial charge in [-0.2, -0.15) is 0 Å². The molecule has 0 atom stereocenters. The molecule has 0 bridgehead atoms. The van der Waals surface area contributed by atoms with Crippen LogP contribution in [0, 0.1) is 13.8 Å². The summed E-state index contributed by atoms with van der Waals surface area (Å²) in [6.07, 6.45) is 0. The number of nitrogens with one attached hydrogen (secondary N) is 2. The fraction of sp³-hybridized carbons (Fsp3) is 0.600. The summed E-state index contributed by atoms with van der Waals surface area (Å²) in [6, 6.07) is 0. The number of nitrogens with zero attached hydrogens (tertiary/aromatic N) is 2. The SMILES string of the molecule is Cc1nc(NN)c(C)c(NC(C)(C)C)n1. The third-order valence-corrected chi connectivity index (χ3v) is 1.89. The zero-order valence-electron chi connectivity index (χ0n) is 9.97. The number of hydrazine groups is 1. The molecule has 0 saturated heterocycles. The molecule has 1 heterocycles. The van der Waals surface area contributed by atoms with Crippen LogP contribution in [0.25, 0.3) is 0 Å². The van der Waals surface area contributed by atoms with Gasteiger partial charge in [0, 0.05) is 11.1 Å². The molecule has 0 aromatic carbocycles.